The average molecular weight is 446 g/mol. The number of rotatable bonds is 8. The van der Waals surface area contributed by atoms with Crippen molar-refractivity contribution in [3.05, 3.63) is 72.1 Å². The fraction of sp³-hybridized carbons (Fsp3) is 0.269. The summed E-state index contributed by atoms with van der Waals surface area (Å²) in [7, 11) is 3.15. The van der Waals surface area contributed by atoms with E-state index in [-0.39, 0.29) is 5.91 Å². The number of hydrogen-bond donors (Lipinski definition) is 1. The molecular weight excluding hydrogens is 418 g/mol. The molecule has 7 heteroatoms. The quantitative estimate of drug-likeness (QED) is 0.396. The number of aromatic nitrogens is 1. The number of hydrazone groups is 1. The zero-order chi connectivity index (χ0) is 23.0. The highest BCUT2D eigenvalue weighted by molar-refractivity contribution is 5.95. The molecule has 0 saturated heterocycles. The van der Waals surface area contributed by atoms with Crippen LogP contribution in [0.2, 0.25) is 0 Å². The van der Waals surface area contributed by atoms with Gasteiger partial charge in [0.2, 0.25) is 0 Å². The van der Waals surface area contributed by atoms with Crippen LogP contribution in [0.1, 0.15) is 41.6 Å². The Morgan fingerprint density at radius 1 is 0.939 bits per heavy atom. The maximum absolute atomic E-state index is 12.6. The average Bonchev–Trinajstić information content (AvgIpc) is 3.37. The first-order valence-corrected chi connectivity index (χ1v) is 10.9. The number of nitrogens with zero attached hydrogens (tertiary/aromatic N) is 2. The predicted molar refractivity (Wildman–Crippen MR) is 127 cm³/mol. The van der Waals surface area contributed by atoms with Gasteiger partial charge in [0.1, 0.15) is 17.2 Å². The smallest absolute Gasteiger partial charge is 0.272 e. The predicted octanol–water partition coefficient (Wildman–Crippen LogP) is 4.85. The van der Waals surface area contributed by atoms with Gasteiger partial charge in [0.05, 0.1) is 32.1 Å². The molecule has 33 heavy (non-hydrogen) atoms. The summed E-state index contributed by atoms with van der Waals surface area (Å²) in [5.41, 5.74) is 5.49. The van der Waals surface area contributed by atoms with Crippen LogP contribution in [0.3, 0.4) is 0 Å². The molecular formula is C26H27N3O4. The molecule has 0 bridgehead atoms. The van der Waals surface area contributed by atoms with E-state index < -0.39 is 0 Å². The highest BCUT2D eigenvalue weighted by Crippen LogP contribution is 2.27. The van der Waals surface area contributed by atoms with Crippen LogP contribution < -0.4 is 19.6 Å². The van der Waals surface area contributed by atoms with Crippen molar-refractivity contribution in [3.8, 4) is 28.4 Å². The van der Waals surface area contributed by atoms with Crippen LogP contribution in [0.25, 0.3) is 11.1 Å². The molecule has 1 fully saturated rings. The molecule has 1 aliphatic rings. The monoisotopic (exact) mass is 445 g/mol. The minimum absolute atomic E-state index is 0.322. The molecule has 0 spiro atoms. The molecule has 0 aliphatic heterocycles. The Kier molecular flexibility index (Phi) is 7.19. The molecule has 0 unspecified atom stereocenters. The first-order valence-electron chi connectivity index (χ1n) is 10.9. The minimum Gasteiger partial charge on any atom is -0.497 e. The Bertz CT molecular complexity index is 1100. The van der Waals surface area contributed by atoms with E-state index in [4.69, 9.17) is 14.2 Å². The lowest BCUT2D eigenvalue weighted by molar-refractivity contribution is 0.0955. The van der Waals surface area contributed by atoms with E-state index in [1.807, 2.05) is 24.3 Å². The Hall–Kier alpha value is -3.87. The van der Waals surface area contributed by atoms with Crippen molar-refractivity contribution in [3.63, 3.8) is 0 Å². The number of benzene rings is 2. The lowest BCUT2D eigenvalue weighted by Crippen LogP contribution is -2.17. The van der Waals surface area contributed by atoms with Gasteiger partial charge in [-0.1, -0.05) is 12.1 Å². The maximum Gasteiger partial charge on any atom is 0.272 e. The molecule has 0 atom stereocenters. The Labute approximate surface area is 193 Å². The van der Waals surface area contributed by atoms with Gasteiger partial charge >= 0.3 is 0 Å². The normalized spacial score (nSPS) is 13.8. The molecule has 1 saturated carbocycles. The second kappa shape index (κ2) is 10.6. The molecule has 3 aromatic rings. The third kappa shape index (κ3) is 5.88. The van der Waals surface area contributed by atoms with E-state index >= 15 is 0 Å². The summed E-state index contributed by atoms with van der Waals surface area (Å²) < 4.78 is 16.5. The van der Waals surface area contributed by atoms with Gasteiger partial charge in [-0.25, -0.2) is 5.43 Å². The van der Waals surface area contributed by atoms with Crippen LogP contribution in [0, 0.1) is 0 Å². The SMILES string of the molecule is COc1cc(/C=N/NC(=O)c2cncc(-c3ccc(OC4CCCC4)cc3)c2)cc(OC)c1. The minimum atomic E-state index is -0.350. The second-order valence-electron chi connectivity index (χ2n) is 7.86. The van der Waals surface area contributed by atoms with Crippen molar-refractivity contribution in [2.45, 2.75) is 31.8 Å². The maximum atomic E-state index is 12.6. The van der Waals surface area contributed by atoms with E-state index in [1.54, 1.807) is 44.7 Å². The number of hydrogen-bond acceptors (Lipinski definition) is 6. The van der Waals surface area contributed by atoms with Gasteiger partial charge in [0.25, 0.3) is 5.91 Å². The summed E-state index contributed by atoms with van der Waals surface area (Å²) in [6.07, 6.45) is 9.82. The second-order valence-corrected chi connectivity index (χ2v) is 7.86. The molecule has 7 nitrogen and oxygen atoms in total. The molecule has 1 amide bonds. The zero-order valence-corrected chi connectivity index (χ0v) is 18.8. The largest absolute Gasteiger partial charge is 0.497 e. The standard InChI is InChI=1S/C26H27N3O4/c1-31-24-11-18(12-25(14-24)32-2)15-28-29-26(30)21-13-20(16-27-17-21)19-7-9-23(10-8-19)33-22-5-3-4-6-22/h7-17,22H,3-6H2,1-2H3,(H,29,30)/b28-15+. The summed E-state index contributed by atoms with van der Waals surface area (Å²) in [5, 5.41) is 4.05. The molecule has 1 heterocycles. The van der Waals surface area contributed by atoms with Crippen LogP contribution in [-0.2, 0) is 0 Å². The number of carbonyl (C=O) groups excluding carboxylic acids is 1. The van der Waals surface area contributed by atoms with Crippen LogP contribution in [0.5, 0.6) is 17.2 Å². The number of carbonyl (C=O) groups is 1. The van der Waals surface area contributed by atoms with Gasteiger partial charge in [0, 0.05) is 29.6 Å². The third-order valence-electron chi connectivity index (χ3n) is 5.55. The van der Waals surface area contributed by atoms with Crippen molar-refractivity contribution in [1.29, 1.82) is 0 Å². The van der Waals surface area contributed by atoms with Gasteiger partial charge in [-0.3, -0.25) is 9.78 Å². The molecule has 170 valence electrons. The number of ether oxygens (including phenoxy) is 3. The van der Waals surface area contributed by atoms with E-state index in [0.29, 0.717) is 23.2 Å². The molecule has 0 radical (unpaired) electrons. The van der Waals surface area contributed by atoms with Gasteiger partial charge in [0.15, 0.2) is 0 Å². The molecule has 4 rings (SSSR count). The Morgan fingerprint density at radius 2 is 1.64 bits per heavy atom. The van der Waals surface area contributed by atoms with Crippen molar-refractivity contribution < 1.29 is 19.0 Å². The first kappa shape index (κ1) is 22.3. The first-order chi connectivity index (χ1) is 16.1. The molecule has 2 aromatic carbocycles. The zero-order valence-electron chi connectivity index (χ0n) is 18.8. The summed E-state index contributed by atoms with van der Waals surface area (Å²) in [5.74, 6) is 1.80. The Morgan fingerprint density at radius 3 is 2.30 bits per heavy atom. The molecule has 1 N–H and O–H groups in total. The van der Waals surface area contributed by atoms with Gasteiger partial charge in [-0.15, -0.1) is 0 Å². The van der Waals surface area contributed by atoms with Crippen LogP contribution in [0.4, 0.5) is 0 Å². The molecule has 1 aliphatic carbocycles. The van der Waals surface area contributed by atoms with E-state index in [2.05, 4.69) is 15.5 Å². The van der Waals surface area contributed by atoms with E-state index in [0.717, 1.165) is 35.3 Å². The number of amides is 1. The van der Waals surface area contributed by atoms with Crippen LogP contribution >= 0.6 is 0 Å². The van der Waals surface area contributed by atoms with Crippen molar-refractivity contribution in [2.24, 2.45) is 5.10 Å². The lowest BCUT2D eigenvalue weighted by Gasteiger charge is -2.13. The fourth-order valence-electron chi connectivity index (χ4n) is 3.78. The van der Waals surface area contributed by atoms with Gasteiger partial charge in [-0.2, -0.15) is 5.10 Å². The summed E-state index contributed by atoms with van der Waals surface area (Å²) in [6, 6.07) is 15.0. The van der Waals surface area contributed by atoms with Crippen LogP contribution in [-0.4, -0.2) is 37.4 Å². The summed E-state index contributed by atoms with van der Waals surface area (Å²) in [6.45, 7) is 0. The van der Waals surface area contributed by atoms with Gasteiger partial charge < -0.3 is 14.2 Å². The Balaban J connectivity index is 1.41. The fourth-order valence-corrected chi connectivity index (χ4v) is 3.78. The van der Waals surface area contributed by atoms with E-state index in [9.17, 15) is 4.79 Å². The summed E-state index contributed by atoms with van der Waals surface area (Å²) in [4.78, 5) is 16.8. The lowest BCUT2D eigenvalue weighted by atomic mass is 10.1. The van der Waals surface area contributed by atoms with Gasteiger partial charge in [-0.05, 0) is 61.6 Å². The highest BCUT2D eigenvalue weighted by atomic mass is 16.5. The van der Waals surface area contributed by atoms with E-state index in [1.165, 1.54) is 25.3 Å². The van der Waals surface area contributed by atoms with Crippen LogP contribution in [0.15, 0.2) is 66.0 Å². The van der Waals surface area contributed by atoms with Crippen molar-refractivity contribution >= 4 is 12.1 Å². The number of methoxy groups -OCH3 is 2. The molecule has 1 aromatic heterocycles. The highest BCUT2D eigenvalue weighted by Gasteiger charge is 2.16. The summed E-state index contributed by atoms with van der Waals surface area (Å²) >= 11 is 0. The van der Waals surface area contributed by atoms with Crippen molar-refractivity contribution in [1.82, 2.24) is 10.4 Å². The third-order valence-corrected chi connectivity index (χ3v) is 5.55. The number of nitrogens with one attached hydrogen (secondary N) is 1. The van der Waals surface area contributed by atoms with Crippen molar-refractivity contribution in [2.75, 3.05) is 14.2 Å². The topological polar surface area (TPSA) is 82.0 Å². The number of pyridine rings is 1.